The molecule has 7 heteroatoms. The summed E-state index contributed by atoms with van der Waals surface area (Å²) in [5.41, 5.74) is 0.164. The Balaban J connectivity index is 2.72. The summed E-state index contributed by atoms with van der Waals surface area (Å²) in [6.45, 7) is 1.88. The molecule has 1 rings (SSSR count). The van der Waals surface area contributed by atoms with Crippen LogP contribution in [0.4, 0.5) is 14.9 Å². The summed E-state index contributed by atoms with van der Waals surface area (Å²) in [6.07, 6.45) is 1.06. The summed E-state index contributed by atoms with van der Waals surface area (Å²) in [5.74, 6) is -1.58. The highest BCUT2D eigenvalue weighted by atomic mass is 19.1. The number of aliphatic carboxylic acids is 1. The van der Waals surface area contributed by atoms with Crippen molar-refractivity contribution < 1.29 is 19.1 Å². The number of benzene rings is 1. The van der Waals surface area contributed by atoms with Crippen molar-refractivity contribution >= 4 is 17.7 Å². The van der Waals surface area contributed by atoms with Crippen LogP contribution < -0.4 is 10.6 Å². The van der Waals surface area contributed by atoms with Gasteiger partial charge < -0.3 is 15.7 Å². The number of hydrogen-bond donors (Lipinski definition) is 3. The van der Waals surface area contributed by atoms with E-state index in [1.54, 1.807) is 6.07 Å². The molecule has 2 amide bonds. The van der Waals surface area contributed by atoms with Crippen LogP contribution >= 0.6 is 0 Å². The van der Waals surface area contributed by atoms with E-state index in [0.717, 1.165) is 18.6 Å². The van der Waals surface area contributed by atoms with Gasteiger partial charge >= 0.3 is 12.0 Å². The van der Waals surface area contributed by atoms with E-state index < -0.39 is 23.9 Å². The number of anilines is 1. The molecule has 0 aliphatic carbocycles. The SMILES string of the molecule is CCCC(CC(=O)O)NC(=O)Nc1ccc(F)cc1C#N. The molecule has 0 aliphatic heterocycles. The molecule has 0 fully saturated rings. The lowest BCUT2D eigenvalue weighted by Crippen LogP contribution is -2.39. The molecule has 0 aliphatic rings. The summed E-state index contributed by atoms with van der Waals surface area (Å²) in [4.78, 5) is 22.5. The fraction of sp³-hybridized carbons (Fsp3) is 0.357. The molecular weight excluding hydrogens is 277 g/mol. The zero-order valence-corrected chi connectivity index (χ0v) is 11.5. The number of carboxylic acid groups (broad SMARTS) is 1. The molecular formula is C14H16FN3O3. The summed E-state index contributed by atoms with van der Waals surface area (Å²) < 4.78 is 13.0. The molecule has 6 nitrogen and oxygen atoms in total. The Morgan fingerprint density at radius 3 is 2.76 bits per heavy atom. The number of amides is 2. The van der Waals surface area contributed by atoms with E-state index >= 15 is 0 Å². The number of halogens is 1. The van der Waals surface area contributed by atoms with Crippen molar-refractivity contribution in [2.45, 2.75) is 32.2 Å². The lowest BCUT2D eigenvalue weighted by Gasteiger charge is -2.17. The largest absolute Gasteiger partial charge is 0.481 e. The van der Waals surface area contributed by atoms with Gasteiger partial charge in [0.15, 0.2) is 0 Å². The summed E-state index contributed by atoms with van der Waals surface area (Å²) in [7, 11) is 0. The lowest BCUT2D eigenvalue weighted by atomic mass is 10.1. The molecule has 21 heavy (non-hydrogen) atoms. The number of urea groups is 1. The Labute approximate surface area is 121 Å². The van der Waals surface area contributed by atoms with Crippen LogP contribution in [0.5, 0.6) is 0 Å². The smallest absolute Gasteiger partial charge is 0.319 e. The second-order valence-electron chi connectivity index (χ2n) is 4.48. The molecule has 0 spiro atoms. The predicted octanol–water partition coefficient (Wildman–Crippen LogP) is 2.46. The molecule has 1 aromatic carbocycles. The quantitative estimate of drug-likeness (QED) is 0.749. The molecule has 0 saturated heterocycles. The number of nitrogens with one attached hydrogen (secondary N) is 2. The first-order valence-corrected chi connectivity index (χ1v) is 6.45. The van der Waals surface area contributed by atoms with E-state index in [2.05, 4.69) is 10.6 Å². The number of nitriles is 1. The van der Waals surface area contributed by atoms with Crippen LogP contribution in [0.25, 0.3) is 0 Å². The van der Waals surface area contributed by atoms with Crippen LogP contribution in [-0.2, 0) is 4.79 Å². The molecule has 1 atom stereocenters. The monoisotopic (exact) mass is 293 g/mol. The van der Waals surface area contributed by atoms with Crippen LogP contribution in [0.2, 0.25) is 0 Å². The molecule has 3 N–H and O–H groups in total. The summed E-state index contributed by atoms with van der Waals surface area (Å²) in [5, 5.41) is 22.6. The highest BCUT2D eigenvalue weighted by Crippen LogP contribution is 2.16. The third-order valence-corrected chi connectivity index (χ3v) is 2.74. The predicted molar refractivity (Wildman–Crippen MR) is 74.2 cm³/mol. The van der Waals surface area contributed by atoms with E-state index in [-0.39, 0.29) is 17.7 Å². The van der Waals surface area contributed by atoms with Crippen LogP contribution in [0.1, 0.15) is 31.7 Å². The van der Waals surface area contributed by atoms with E-state index in [0.29, 0.717) is 6.42 Å². The van der Waals surface area contributed by atoms with Gasteiger partial charge in [0.2, 0.25) is 0 Å². The summed E-state index contributed by atoms with van der Waals surface area (Å²) >= 11 is 0. The zero-order valence-electron chi connectivity index (χ0n) is 11.5. The van der Waals surface area contributed by atoms with E-state index in [4.69, 9.17) is 10.4 Å². The maximum absolute atomic E-state index is 13.0. The second-order valence-corrected chi connectivity index (χ2v) is 4.48. The van der Waals surface area contributed by atoms with Crippen molar-refractivity contribution in [1.82, 2.24) is 5.32 Å². The van der Waals surface area contributed by atoms with Gasteiger partial charge in [-0.05, 0) is 24.6 Å². The Morgan fingerprint density at radius 1 is 1.48 bits per heavy atom. The average Bonchev–Trinajstić information content (AvgIpc) is 2.40. The van der Waals surface area contributed by atoms with Gasteiger partial charge in [-0.2, -0.15) is 5.26 Å². The van der Waals surface area contributed by atoms with E-state index in [1.165, 1.54) is 6.07 Å². The van der Waals surface area contributed by atoms with Crippen molar-refractivity contribution in [3.8, 4) is 6.07 Å². The van der Waals surface area contributed by atoms with Crippen LogP contribution in [0, 0.1) is 17.1 Å². The van der Waals surface area contributed by atoms with E-state index in [1.807, 2.05) is 6.92 Å². The van der Waals surface area contributed by atoms with Gasteiger partial charge in [-0.1, -0.05) is 13.3 Å². The van der Waals surface area contributed by atoms with Gasteiger partial charge in [-0.15, -0.1) is 0 Å². The zero-order chi connectivity index (χ0) is 15.8. The fourth-order valence-corrected chi connectivity index (χ4v) is 1.85. The van der Waals surface area contributed by atoms with Crippen LogP contribution in [0.15, 0.2) is 18.2 Å². The number of carbonyl (C=O) groups excluding carboxylic acids is 1. The Morgan fingerprint density at radius 2 is 2.19 bits per heavy atom. The van der Waals surface area contributed by atoms with Crippen molar-refractivity contribution in [1.29, 1.82) is 5.26 Å². The standard InChI is InChI=1S/C14H16FN3O3/c1-2-3-11(7-13(19)20)17-14(21)18-12-5-4-10(15)6-9(12)8-16/h4-6,11H,2-3,7H2,1H3,(H,19,20)(H2,17,18,21). The maximum atomic E-state index is 13.0. The van der Waals surface area contributed by atoms with Gasteiger partial charge in [0.25, 0.3) is 0 Å². The molecule has 0 radical (unpaired) electrons. The Kier molecular flexibility index (Phi) is 6.14. The minimum atomic E-state index is -1.01. The number of nitrogens with zero attached hydrogens (tertiary/aromatic N) is 1. The molecule has 0 heterocycles. The molecule has 0 aromatic heterocycles. The van der Waals surface area contributed by atoms with Crippen molar-refractivity contribution in [3.05, 3.63) is 29.6 Å². The van der Waals surface area contributed by atoms with Crippen LogP contribution in [-0.4, -0.2) is 23.1 Å². The molecule has 0 bridgehead atoms. The maximum Gasteiger partial charge on any atom is 0.319 e. The first-order valence-electron chi connectivity index (χ1n) is 6.45. The third kappa shape index (κ3) is 5.48. The lowest BCUT2D eigenvalue weighted by molar-refractivity contribution is -0.137. The number of carbonyl (C=O) groups is 2. The second kappa shape index (κ2) is 7.85. The normalized spacial score (nSPS) is 11.3. The highest BCUT2D eigenvalue weighted by Gasteiger charge is 2.16. The average molecular weight is 293 g/mol. The van der Waals surface area contributed by atoms with Crippen molar-refractivity contribution in [3.63, 3.8) is 0 Å². The topological polar surface area (TPSA) is 102 Å². The van der Waals surface area contributed by atoms with Crippen LogP contribution in [0.3, 0.4) is 0 Å². The first kappa shape index (κ1) is 16.4. The highest BCUT2D eigenvalue weighted by molar-refractivity contribution is 5.91. The number of hydrogen-bond acceptors (Lipinski definition) is 3. The minimum Gasteiger partial charge on any atom is -0.481 e. The van der Waals surface area contributed by atoms with Gasteiger partial charge in [0, 0.05) is 6.04 Å². The fourth-order valence-electron chi connectivity index (χ4n) is 1.85. The number of carboxylic acids is 1. The van der Waals surface area contributed by atoms with E-state index in [9.17, 15) is 14.0 Å². The Hall–Kier alpha value is -2.62. The first-order chi connectivity index (χ1) is 9.96. The molecule has 112 valence electrons. The molecule has 0 saturated carbocycles. The third-order valence-electron chi connectivity index (χ3n) is 2.74. The molecule has 1 aromatic rings. The van der Waals surface area contributed by atoms with Gasteiger partial charge in [-0.25, -0.2) is 9.18 Å². The van der Waals surface area contributed by atoms with Gasteiger partial charge in [-0.3, -0.25) is 4.79 Å². The number of rotatable bonds is 6. The van der Waals surface area contributed by atoms with Crippen molar-refractivity contribution in [2.75, 3.05) is 5.32 Å². The minimum absolute atomic E-state index is 0.00424. The molecule has 1 unspecified atom stereocenters. The Bertz CT molecular complexity index is 569. The van der Waals surface area contributed by atoms with Gasteiger partial charge in [0.1, 0.15) is 11.9 Å². The van der Waals surface area contributed by atoms with Crippen molar-refractivity contribution in [2.24, 2.45) is 0 Å². The van der Waals surface area contributed by atoms with Gasteiger partial charge in [0.05, 0.1) is 17.7 Å². The summed E-state index contributed by atoms with van der Waals surface area (Å²) in [6, 6.07) is 4.06.